The van der Waals surface area contributed by atoms with Gasteiger partial charge in [0.05, 0.1) is 11.7 Å². The second kappa shape index (κ2) is 6.87. The summed E-state index contributed by atoms with van der Waals surface area (Å²) in [6, 6.07) is 9.57. The van der Waals surface area contributed by atoms with E-state index in [0.717, 1.165) is 35.4 Å². The molecule has 1 saturated heterocycles. The molecule has 0 radical (unpaired) electrons. The van der Waals surface area contributed by atoms with Crippen molar-refractivity contribution in [2.24, 2.45) is 0 Å². The van der Waals surface area contributed by atoms with Crippen molar-refractivity contribution < 1.29 is 9.32 Å². The SMILES string of the molecule is Cc1noc(C)c1[C@@H]1CCCN1C(=O)Nc1snnc1-c1ccccc1. The van der Waals surface area contributed by atoms with E-state index in [-0.39, 0.29) is 12.1 Å². The summed E-state index contributed by atoms with van der Waals surface area (Å²) >= 11 is 1.19. The molecule has 1 N–H and O–H groups in total. The first-order chi connectivity index (χ1) is 12.6. The van der Waals surface area contributed by atoms with Crippen LogP contribution < -0.4 is 5.32 Å². The second-order valence-corrected chi connectivity index (χ2v) is 7.09. The molecule has 0 unspecified atom stereocenters. The number of nitrogens with zero attached hydrogens (tertiary/aromatic N) is 4. The predicted octanol–water partition coefficient (Wildman–Crippen LogP) is 4.18. The Bertz CT molecular complexity index is 901. The van der Waals surface area contributed by atoms with Crippen molar-refractivity contribution in [1.29, 1.82) is 0 Å². The van der Waals surface area contributed by atoms with Gasteiger partial charge in [0, 0.05) is 29.2 Å². The monoisotopic (exact) mass is 369 g/mol. The summed E-state index contributed by atoms with van der Waals surface area (Å²) in [7, 11) is 0. The molecule has 8 heteroatoms. The lowest BCUT2D eigenvalue weighted by atomic mass is 10.0. The molecule has 3 aromatic rings. The van der Waals surface area contributed by atoms with Gasteiger partial charge in [-0.25, -0.2) is 4.79 Å². The number of aromatic nitrogens is 3. The van der Waals surface area contributed by atoms with E-state index >= 15 is 0 Å². The van der Waals surface area contributed by atoms with Crippen molar-refractivity contribution in [2.75, 3.05) is 11.9 Å². The number of aryl methyl sites for hydroxylation is 2. The Labute approximate surface area is 155 Å². The minimum absolute atomic E-state index is 0.0118. The fourth-order valence-corrected chi connectivity index (χ4v) is 4.08. The summed E-state index contributed by atoms with van der Waals surface area (Å²) < 4.78 is 9.30. The van der Waals surface area contributed by atoms with Crippen molar-refractivity contribution in [3.8, 4) is 11.3 Å². The van der Waals surface area contributed by atoms with Crippen LogP contribution >= 0.6 is 11.5 Å². The number of hydrogen-bond donors (Lipinski definition) is 1. The normalized spacial score (nSPS) is 16.8. The first kappa shape index (κ1) is 16.7. The average Bonchev–Trinajstić information content (AvgIpc) is 3.36. The van der Waals surface area contributed by atoms with Gasteiger partial charge in [0.2, 0.25) is 0 Å². The van der Waals surface area contributed by atoms with Crippen LogP contribution in [0.3, 0.4) is 0 Å². The predicted molar refractivity (Wildman–Crippen MR) is 99.0 cm³/mol. The Hall–Kier alpha value is -2.74. The molecule has 0 bridgehead atoms. The Kier molecular flexibility index (Phi) is 4.42. The molecule has 1 atom stereocenters. The van der Waals surface area contributed by atoms with Gasteiger partial charge in [-0.15, -0.1) is 5.10 Å². The van der Waals surface area contributed by atoms with Crippen LogP contribution in [-0.4, -0.2) is 32.2 Å². The number of nitrogens with one attached hydrogen (secondary N) is 1. The highest BCUT2D eigenvalue weighted by molar-refractivity contribution is 7.10. The van der Waals surface area contributed by atoms with E-state index in [0.29, 0.717) is 17.2 Å². The van der Waals surface area contributed by atoms with Crippen LogP contribution in [0.5, 0.6) is 0 Å². The molecule has 4 rings (SSSR count). The molecule has 7 nitrogen and oxygen atoms in total. The van der Waals surface area contributed by atoms with Crippen LogP contribution in [-0.2, 0) is 0 Å². The van der Waals surface area contributed by atoms with E-state index in [1.807, 2.05) is 49.1 Å². The molecule has 1 aromatic carbocycles. The Morgan fingerprint density at radius 1 is 1.31 bits per heavy atom. The lowest BCUT2D eigenvalue weighted by Crippen LogP contribution is -2.34. The second-order valence-electron chi connectivity index (χ2n) is 6.34. The van der Waals surface area contributed by atoms with Gasteiger partial charge in [-0.3, -0.25) is 5.32 Å². The minimum Gasteiger partial charge on any atom is -0.361 e. The number of likely N-dealkylation sites (tertiary alicyclic amines) is 1. The van der Waals surface area contributed by atoms with Gasteiger partial charge in [-0.1, -0.05) is 40.0 Å². The third-order valence-corrected chi connectivity index (χ3v) is 5.33. The third kappa shape index (κ3) is 2.96. The van der Waals surface area contributed by atoms with Gasteiger partial charge in [0.25, 0.3) is 0 Å². The van der Waals surface area contributed by atoms with Gasteiger partial charge < -0.3 is 9.42 Å². The first-order valence-corrected chi connectivity index (χ1v) is 9.30. The van der Waals surface area contributed by atoms with Gasteiger partial charge in [0.1, 0.15) is 16.5 Å². The fraction of sp³-hybridized carbons (Fsp3) is 0.333. The topological polar surface area (TPSA) is 84.2 Å². The molecule has 0 saturated carbocycles. The molecule has 2 amide bonds. The number of rotatable bonds is 3. The molecule has 3 heterocycles. The highest BCUT2D eigenvalue weighted by Crippen LogP contribution is 2.36. The number of hydrogen-bond acceptors (Lipinski definition) is 6. The molecule has 1 fully saturated rings. The quantitative estimate of drug-likeness (QED) is 0.749. The minimum atomic E-state index is -0.143. The largest absolute Gasteiger partial charge is 0.361 e. The van der Waals surface area contributed by atoms with E-state index in [9.17, 15) is 4.79 Å². The summed E-state index contributed by atoms with van der Waals surface area (Å²) in [5.74, 6) is 0.775. The van der Waals surface area contributed by atoms with Crippen molar-refractivity contribution in [3.05, 3.63) is 47.3 Å². The number of amides is 2. The van der Waals surface area contributed by atoms with Crippen molar-refractivity contribution in [2.45, 2.75) is 32.7 Å². The summed E-state index contributed by atoms with van der Waals surface area (Å²) in [5, 5.41) is 11.9. The zero-order valence-corrected chi connectivity index (χ0v) is 15.4. The van der Waals surface area contributed by atoms with Crippen molar-refractivity contribution in [3.63, 3.8) is 0 Å². The van der Waals surface area contributed by atoms with E-state index in [1.54, 1.807) is 0 Å². The van der Waals surface area contributed by atoms with Crippen molar-refractivity contribution in [1.82, 2.24) is 19.6 Å². The molecular formula is C18H19N5O2S. The fourth-order valence-electron chi connectivity index (χ4n) is 3.50. The highest BCUT2D eigenvalue weighted by Gasteiger charge is 2.34. The Balaban J connectivity index is 1.57. The van der Waals surface area contributed by atoms with Gasteiger partial charge in [0.15, 0.2) is 0 Å². The molecular weight excluding hydrogens is 350 g/mol. The van der Waals surface area contributed by atoms with Crippen molar-refractivity contribution >= 4 is 22.6 Å². The zero-order chi connectivity index (χ0) is 18.1. The third-order valence-electron chi connectivity index (χ3n) is 4.69. The number of benzene rings is 1. The van der Waals surface area contributed by atoms with Crippen LogP contribution in [0.1, 0.15) is 35.9 Å². The van der Waals surface area contributed by atoms with Crippen LogP contribution in [0.25, 0.3) is 11.3 Å². The smallest absolute Gasteiger partial charge is 0.323 e. The lowest BCUT2D eigenvalue weighted by Gasteiger charge is -2.24. The van der Waals surface area contributed by atoms with E-state index in [2.05, 4.69) is 20.1 Å². The molecule has 134 valence electrons. The maximum absolute atomic E-state index is 12.9. The summed E-state index contributed by atoms with van der Waals surface area (Å²) in [6.45, 7) is 4.51. The zero-order valence-electron chi connectivity index (χ0n) is 14.6. The lowest BCUT2D eigenvalue weighted by molar-refractivity contribution is 0.206. The van der Waals surface area contributed by atoms with Gasteiger partial charge >= 0.3 is 6.03 Å². The van der Waals surface area contributed by atoms with E-state index in [4.69, 9.17) is 4.52 Å². The Morgan fingerprint density at radius 2 is 2.12 bits per heavy atom. The summed E-state index contributed by atoms with van der Waals surface area (Å²) in [6.07, 6.45) is 1.86. The highest BCUT2D eigenvalue weighted by atomic mass is 32.1. The average molecular weight is 369 g/mol. The van der Waals surface area contributed by atoms with Gasteiger partial charge in [-0.2, -0.15) is 0 Å². The van der Waals surface area contributed by atoms with Gasteiger partial charge in [-0.05, 0) is 26.7 Å². The molecule has 2 aromatic heterocycles. The Morgan fingerprint density at radius 3 is 2.85 bits per heavy atom. The molecule has 26 heavy (non-hydrogen) atoms. The maximum Gasteiger partial charge on any atom is 0.323 e. The van der Waals surface area contributed by atoms with E-state index < -0.39 is 0 Å². The van der Waals surface area contributed by atoms with E-state index in [1.165, 1.54) is 11.5 Å². The van der Waals surface area contributed by atoms with Crippen LogP contribution in [0, 0.1) is 13.8 Å². The number of urea groups is 1. The number of carbonyl (C=O) groups is 1. The van der Waals surface area contributed by atoms with Crippen LogP contribution in [0.15, 0.2) is 34.9 Å². The van der Waals surface area contributed by atoms with Crippen LogP contribution in [0.2, 0.25) is 0 Å². The number of carbonyl (C=O) groups excluding carboxylic acids is 1. The molecule has 0 spiro atoms. The van der Waals surface area contributed by atoms with Crippen LogP contribution in [0.4, 0.5) is 9.80 Å². The maximum atomic E-state index is 12.9. The summed E-state index contributed by atoms with van der Waals surface area (Å²) in [4.78, 5) is 14.8. The summed E-state index contributed by atoms with van der Waals surface area (Å²) in [5.41, 5.74) is 3.48. The molecule has 1 aliphatic rings. The number of anilines is 1. The molecule has 0 aliphatic carbocycles. The molecule has 1 aliphatic heterocycles. The standard InChI is InChI=1S/C18H19N5O2S/c1-11-15(12(2)25-21-11)14-9-6-10-23(14)18(24)19-17-16(20-22-26-17)13-7-4-3-5-8-13/h3-5,7-8,14H,6,9-10H2,1-2H3,(H,19,24)/t14-/m0/s1. The first-order valence-electron chi connectivity index (χ1n) is 8.53.